The number of ether oxygens (including phenoxy) is 3. The summed E-state index contributed by atoms with van der Waals surface area (Å²) in [5.74, 6) is -0.414. The Morgan fingerprint density at radius 3 is 2.24 bits per heavy atom. The highest BCUT2D eigenvalue weighted by Gasteiger charge is 2.21. The van der Waals surface area contributed by atoms with E-state index in [2.05, 4.69) is 10.1 Å². The van der Waals surface area contributed by atoms with Crippen LogP contribution in [0.15, 0.2) is 0 Å². The molecule has 0 aromatic rings. The van der Waals surface area contributed by atoms with Gasteiger partial charge in [-0.25, -0.2) is 4.79 Å². The number of nitrogens with one attached hydrogen (secondary N) is 1. The minimum atomic E-state index is -0.580. The molecule has 1 N–H and O–H groups in total. The molecule has 0 aliphatic carbocycles. The van der Waals surface area contributed by atoms with Crippen LogP contribution in [0.4, 0.5) is 4.79 Å². The topological polar surface area (TPSA) is 73.9 Å². The van der Waals surface area contributed by atoms with Gasteiger partial charge in [0.15, 0.2) is 0 Å². The van der Waals surface area contributed by atoms with Gasteiger partial charge < -0.3 is 19.5 Å². The normalized spacial score (nSPS) is 12.8. The summed E-state index contributed by atoms with van der Waals surface area (Å²) in [6, 6.07) is -0.456. The summed E-state index contributed by atoms with van der Waals surface area (Å²) >= 11 is 0. The molecule has 0 aromatic heterocycles. The van der Waals surface area contributed by atoms with E-state index in [4.69, 9.17) is 9.47 Å². The van der Waals surface area contributed by atoms with Crippen LogP contribution in [0.25, 0.3) is 0 Å². The number of amides is 1. The molecule has 0 heterocycles. The zero-order valence-electron chi connectivity index (χ0n) is 11.0. The van der Waals surface area contributed by atoms with E-state index < -0.39 is 23.7 Å². The largest absolute Gasteiger partial charge is 0.469 e. The Morgan fingerprint density at radius 2 is 1.82 bits per heavy atom. The van der Waals surface area contributed by atoms with Crippen LogP contribution in [-0.2, 0) is 19.0 Å². The van der Waals surface area contributed by atoms with Crippen molar-refractivity contribution >= 4 is 12.1 Å². The van der Waals surface area contributed by atoms with Gasteiger partial charge >= 0.3 is 12.1 Å². The molecule has 0 aromatic carbocycles. The summed E-state index contributed by atoms with van der Waals surface area (Å²) in [5, 5.41) is 2.55. The Balaban J connectivity index is 4.24. The van der Waals surface area contributed by atoms with Gasteiger partial charge in [0.1, 0.15) is 5.60 Å². The Hall–Kier alpha value is -1.30. The summed E-state index contributed by atoms with van der Waals surface area (Å²) in [6.45, 7) is 5.50. The summed E-state index contributed by atoms with van der Waals surface area (Å²) in [7, 11) is 2.78. The number of alkyl carbamates (subject to hydrolysis) is 1. The Morgan fingerprint density at radius 1 is 1.24 bits per heavy atom. The fourth-order valence-corrected chi connectivity index (χ4v) is 1.11. The molecule has 0 saturated carbocycles. The molecule has 0 aliphatic heterocycles. The first-order valence-corrected chi connectivity index (χ1v) is 5.33. The highest BCUT2D eigenvalue weighted by atomic mass is 16.6. The Bertz CT molecular complexity index is 259. The molecule has 0 aliphatic rings. The fraction of sp³-hybridized carbons (Fsp3) is 0.818. The highest BCUT2D eigenvalue weighted by Crippen LogP contribution is 2.07. The number of hydrogen-bond donors (Lipinski definition) is 1. The molecule has 0 spiro atoms. The van der Waals surface area contributed by atoms with Crippen molar-refractivity contribution in [3.63, 3.8) is 0 Å². The number of carbonyl (C=O) groups is 2. The minimum absolute atomic E-state index is 0.0452. The van der Waals surface area contributed by atoms with Crippen LogP contribution in [0, 0.1) is 0 Å². The van der Waals surface area contributed by atoms with Crippen molar-refractivity contribution in [2.45, 2.75) is 38.8 Å². The summed E-state index contributed by atoms with van der Waals surface area (Å²) < 4.78 is 14.5. The maximum atomic E-state index is 11.5. The number of rotatable bonds is 5. The van der Waals surface area contributed by atoms with Crippen LogP contribution in [0.5, 0.6) is 0 Å². The first-order chi connectivity index (χ1) is 7.78. The van der Waals surface area contributed by atoms with Gasteiger partial charge in [-0.2, -0.15) is 0 Å². The first kappa shape index (κ1) is 15.7. The molecular formula is C11H21NO5. The summed E-state index contributed by atoms with van der Waals surface area (Å²) in [6.07, 6.45) is -0.535. The van der Waals surface area contributed by atoms with Crippen LogP contribution in [0.2, 0.25) is 0 Å². The Labute approximate surface area is 102 Å². The second-order valence-corrected chi connectivity index (χ2v) is 4.58. The van der Waals surface area contributed by atoms with Crippen LogP contribution in [-0.4, -0.2) is 44.5 Å². The lowest BCUT2D eigenvalue weighted by atomic mass is 10.2. The molecule has 1 atom stereocenters. The first-order valence-electron chi connectivity index (χ1n) is 5.33. The molecule has 0 radical (unpaired) electrons. The van der Waals surface area contributed by atoms with Crippen molar-refractivity contribution in [2.75, 3.05) is 20.8 Å². The maximum Gasteiger partial charge on any atom is 0.407 e. The van der Waals surface area contributed by atoms with E-state index in [1.165, 1.54) is 14.2 Å². The third-order valence-corrected chi connectivity index (χ3v) is 1.73. The van der Waals surface area contributed by atoms with Gasteiger partial charge in [-0.1, -0.05) is 0 Å². The lowest BCUT2D eigenvalue weighted by molar-refractivity contribution is -0.141. The SMILES string of the molecule is COC[C@H](CC(=O)OC)NC(=O)OC(C)(C)C. The average molecular weight is 247 g/mol. The van der Waals surface area contributed by atoms with E-state index >= 15 is 0 Å². The van der Waals surface area contributed by atoms with Crippen molar-refractivity contribution in [2.24, 2.45) is 0 Å². The number of esters is 1. The van der Waals surface area contributed by atoms with Crippen LogP contribution in [0.1, 0.15) is 27.2 Å². The third-order valence-electron chi connectivity index (χ3n) is 1.73. The van der Waals surface area contributed by atoms with E-state index in [-0.39, 0.29) is 13.0 Å². The molecule has 0 unspecified atom stereocenters. The predicted molar refractivity (Wildman–Crippen MR) is 61.7 cm³/mol. The van der Waals surface area contributed by atoms with E-state index in [1.54, 1.807) is 20.8 Å². The summed E-state index contributed by atoms with van der Waals surface area (Å²) in [5.41, 5.74) is -0.576. The third kappa shape index (κ3) is 8.50. The van der Waals surface area contributed by atoms with Crippen molar-refractivity contribution in [3.8, 4) is 0 Å². The maximum absolute atomic E-state index is 11.5. The zero-order valence-corrected chi connectivity index (χ0v) is 11.0. The molecule has 6 heteroatoms. The van der Waals surface area contributed by atoms with Crippen LogP contribution >= 0.6 is 0 Å². The fourth-order valence-electron chi connectivity index (χ4n) is 1.11. The minimum Gasteiger partial charge on any atom is -0.469 e. The quantitative estimate of drug-likeness (QED) is 0.736. The van der Waals surface area contributed by atoms with Gasteiger partial charge in [0.25, 0.3) is 0 Å². The van der Waals surface area contributed by atoms with E-state index in [0.717, 1.165) is 0 Å². The molecular weight excluding hydrogens is 226 g/mol. The van der Waals surface area contributed by atoms with E-state index in [9.17, 15) is 9.59 Å². The second kappa shape index (κ2) is 7.11. The molecule has 100 valence electrons. The molecule has 0 bridgehead atoms. The zero-order chi connectivity index (χ0) is 13.5. The Kier molecular flexibility index (Phi) is 6.57. The predicted octanol–water partition coefficient (Wildman–Crippen LogP) is 1.09. The average Bonchev–Trinajstić information content (AvgIpc) is 2.14. The molecule has 17 heavy (non-hydrogen) atoms. The highest BCUT2D eigenvalue weighted by molar-refractivity contribution is 5.72. The van der Waals surface area contributed by atoms with Crippen molar-refractivity contribution in [1.82, 2.24) is 5.32 Å². The van der Waals surface area contributed by atoms with Crippen LogP contribution < -0.4 is 5.32 Å². The lowest BCUT2D eigenvalue weighted by Gasteiger charge is -2.22. The molecule has 1 amide bonds. The summed E-state index contributed by atoms with van der Waals surface area (Å²) in [4.78, 5) is 22.6. The van der Waals surface area contributed by atoms with Gasteiger partial charge in [0, 0.05) is 7.11 Å². The van der Waals surface area contributed by atoms with Crippen molar-refractivity contribution in [3.05, 3.63) is 0 Å². The smallest absolute Gasteiger partial charge is 0.407 e. The van der Waals surface area contributed by atoms with Crippen molar-refractivity contribution in [1.29, 1.82) is 0 Å². The van der Waals surface area contributed by atoms with Crippen LogP contribution in [0.3, 0.4) is 0 Å². The number of hydrogen-bond acceptors (Lipinski definition) is 5. The molecule has 0 rings (SSSR count). The van der Waals surface area contributed by atoms with Gasteiger partial charge in [-0.3, -0.25) is 4.79 Å². The number of methoxy groups -OCH3 is 2. The monoisotopic (exact) mass is 247 g/mol. The molecule has 6 nitrogen and oxygen atoms in total. The van der Waals surface area contributed by atoms with Gasteiger partial charge in [0.05, 0.1) is 26.2 Å². The van der Waals surface area contributed by atoms with Gasteiger partial charge in [-0.05, 0) is 20.8 Å². The standard InChI is InChI=1S/C11H21NO5/c1-11(2,3)17-10(14)12-8(7-15-4)6-9(13)16-5/h8H,6-7H2,1-5H3,(H,12,14)/t8-/m0/s1. The molecule has 0 fully saturated rings. The van der Waals surface area contributed by atoms with E-state index in [0.29, 0.717) is 0 Å². The van der Waals surface area contributed by atoms with Crippen molar-refractivity contribution < 1.29 is 23.8 Å². The van der Waals surface area contributed by atoms with Gasteiger partial charge in [0.2, 0.25) is 0 Å². The van der Waals surface area contributed by atoms with E-state index in [1.807, 2.05) is 0 Å². The number of carbonyl (C=O) groups excluding carboxylic acids is 2. The second-order valence-electron chi connectivity index (χ2n) is 4.58. The molecule has 0 saturated heterocycles. The van der Waals surface area contributed by atoms with Gasteiger partial charge in [-0.15, -0.1) is 0 Å². The lowest BCUT2D eigenvalue weighted by Crippen LogP contribution is -2.42.